The van der Waals surface area contributed by atoms with E-state index < -0.39 is 0 Å². The first-order chi connectivity index (χ1) is 15.1. The van der Waals surface area contributed by atoms with Crippen LogP contribution in [0, 0.1) is 12.0 Å². The summed E-state index contributed by atoms with van der Waals surface area (Å²) < 4.78 is 9.39. The van der Waals surface area contributed by atoms with E-state index in [-0.39, 0.29) is 0 Å². The van der Waals surface area contributed by atoms with Crippen molar-refractivity contribution in [3.8, 4) is 17.1 Å². The maximum absolute atomic E-state index is 6.22. The van der Waals surface area contributed by atoms with Gasteiger partial charge in [-0.05, 0) is 52.5 Å². The maximum Gasteiger partial charge on any atom is 0.144 e. The van der Waals surface area contributed by atoms with Crippen molar-refractivity contribution >= 4 is 24.8 Å². The number of aromatic nitrogens is 2. The largest absolute Gasteiger partial charge is 0.488 e. The molecule has 3 nitrogen and oxygen atoms in total. The van der Waals surface area contributed by atoms with Gasteiger partial charge in [0.2, 0.25) is 0 Å². The van der Waals surface area contributed by atoms with Crippen molar-refractivity contribution in [2.24, 2.45) is 0 Å². The van der Waals surface area contributed by atoms with Crippen molar-refractivity contribution in [2.75, 3.05) is 0 Å². The van der Waals surface area contributed by atoms with Gasteiger partial charge in [0.25, 0.3) is 0 Å². The number of nitrogens with zero attached hydrogens (tertiary/aromatic N) is 2. The maximum atomic E-state index is 6.22. The highest BCUT2D eigenvalue weighted by atomic mass is 79.9. The third kappa shape index (κ3) is 5.15. The van der Waals surface area contributed by atoms with Crippen LogP contribution in [0.15, 0.2) is 89.4 Å². The van der Waals surface area contributed by atoms with E-state index in [0.29, 0.717) is 6.61 Å². The van der Waals surface area contributed by atoms with Crippen molar-refractivity contribution in [1.29, 1.82) is 0 Å². The van der Waals surface area contributed by atoms with Gasteiger partial charge < -0.3 is 9.30 Å². The molecule has 0 aliphatic rings. The second-order valence-corrected chi connectivity index (χ2v) is 8.61. The summed E-state index contributed by atoms with van der Waals surface area (Å²) in [5.41, 5.74) is 4.32. The first kappa shape index (κ1) is 21.5. The number of aryl methyl sites for hydroxylation is 2. The van der Waals surface area contributed by atoms with Crippen LogP contribution < -0.4 is 4.74 Å². The van der Waals surface area contributed by atoms with Crippen molar-refractivity contribution < 1.29 is 4.74 Å². The summed E-state index contributed by atoms with van der Waals surface area (Å²) in [4.78, 5) is 4.94. The summed E-state index contributed by atoms with van der Waals surface area (Å²) in [5, 5.41) is 0.969. The molecule has 1 aromatic heterocycles. The summed E-state index contributed by atoms with van der Waals surface area (Å²) >= 11 is 3.68. The Hall–Kier alpha value is -2.68. The van der Waals surface area contributed by atoms with Gasteiger partial charge >= 0.3 is 0 Å². The first-order valence-electron chi connectivity index (χ1n) is 10.2. The zero-order chi connectivity index (χ0) is 21.6. The third-order valence-electron chi connectivity index (χ3n) is 5.16. The van der Waals surface area contributed by atoms with E-state index in [2.05, 4.69) is 71.8 Å². The van der Waals surface area contributed by atoms with E-state index in [0.717, 1.165) is 50.9 Å². The average molecular weight is 491 g/mol. The van der Waals surface area contributed by atoms with Gasteiger partial charge in [-0.3, -0.25) is 0 Å². The van der Waals surface area contributed by atoms with Crippen LogP contribution >= 0.6 is 24.8 Å². The lowest BCUT2D eigenvalue weighted by Gasteiger charge is -2.19. The van der Waals surface area contributed by atoms with Crippen LogP contribution in [-0.4, -0.2) is 9.55 Å². The Bertz CT molecular complexity index is 1220. The summed E-state index contributed by atoms with van der Waals surface area (Å²) in [6, 6.07) is 28.8. The molecule has 0 N–H and O–H groups in total. The molecule has 0 radical (unpaired) electrons. The highest BCUT2D eigenvalue weighted by Gasteiger charge is 2.15. The number of hydrogen-bond acceptors (Lipinski definition) is 2. The topological polar surface area (TPSA) is 27.1 Å². The van der Waals surface area contributed by atoms with Crippen molar-refractivity contribution in [1.82, 2.24) is 9.55 Å². The molecule has 31 heavy (non-hydrogen) atoms. The lowest BCUT2D eigenvalue weighted by Crippen LogP contribution is -2.11. The standard InChI is InChI=1S/C26H24BrN2OP/c1-19-24(27)26(31)29(17-16-20-10-4-2-5-11-20)25(28-19)22-14-8-9-15-23(22)30-18-21-12-6-3-7-13-21/h2-15,31H,16-18H2,1H3. The zero-order valence-electron chi connectivity index (χ0n) is 17.4. The summed E-state index contributed by atoms with van der Waals surface area (Å²) in [5.74, 6) is 1.70. The predicted octanol–water partition coefficient (Wildman–Crippen LogP) is 7.12. The van der Waals surface area contributed by atoms with E-state index >= 15 is 0 Å². The number of benzene rings is 3. The molecule has 0 amide bonds. The first-order valence-corrected chi connectivity index (χ1v) is 11.5. The van der Waals surface area contributed by atoms with Gasteiger partial charge in [0, 0.05) is 6.54 Å². The molecule has 0 unspecified atom stereocenters. The van der Waals surface area contributed by atoms with Crippen LogP contribution in [0.3, 0.4) is 0 Å². The molecule has 0 fully saturated rings. The van der Waals surface area contributed by atoms with Crippen molar-refractivity contribution in [3.63, 3.8) is 0 Å². The molecule has 0 saturated heterocycles. The highest BCUT2D eigenvalue weighted by Crippen LogP contribution is 2.32. The van der Waals surface area contributed by atoms with Crippen molar-refractivity contribution in [3.05, 3.63) is 111 Å². The Morgan fingerprint density at radius 2 is 1.48 bits per heavy atom. The number of hydrogen-bond donors (Lipinski definition) is 0. The Labute approximate surface area is 193 Å². The van der Waals surface area contributed by atoms with Crippen LogP contribution in [0.2, 0.25) is 0 Å². The monoisotopic (exact) mass is 490 g/mol. The summed E-state index contributed by atoms with van der Waals surface area (Å²) in [6.07, 6.45) is 0.903. The van der Waals surface area contributed by atoms with Gasteiger partial charge in [0.05, 0.1) is 20.8 Å². The third-order valence-corrected chi connectivity index (χ3v) is 6.99. The second kappa shape index (κ2) is 10.1. The van der Waals surface area contributed by atoms with Crippen LogP contribution in [0.5, 0.6) is 5.75 Å². The minimum atomic E-state index is 0.512. The number of rotatable bonds is 7. The molecule has 0 aliphatic carbocycles. The highest BCUT2D eigenvalue weighted by molar-refractivity contribution is 9.10. The van der Waals surface area contributed by atoms with Crippen LogP contribution in [-0.2, 0) is 19.6 Å². The average Bonchev–Trinajstić information content (AvgIpc) is 2.82. The fraction of sp³-hybridized carbons (Fsp3) is 0.154. The molecule has 0 atom stereocenters. The van der Waals surface area contributed by atoms with Gasteiger partial charge in [-0.2, -0.15) is 0 Å². The van der Waals surface area contributed by atoms with Crippen molar-refractivity contribution in [2.45, 2.75) is 26.5 Å². The molecule has 0 bridgehead atoms. The van der Waals surface area contributed by atoms with Gasteiger partial charge in [0.1, 0.15) is 18.2 Å². The summed E-state index contributed by atoms with van der Waals surface area (Å²) in [7, 11) is 3.85. The Morgan fingerprint density at radius 1 is 0.871 bits per heavy atom. The fourth-order valence-corrected chi connectivity index (χ4v) is 4.19. The summed E-state index contributed by atoms with van der Waals surface area (Å²) in [6.45, 7) is 3.31. The van der Waals surface area contributed by atoms with E-state index in [1.54, 1.807) is 0 Å². The van der Waals surface area contributed by atoms with Crippen LogP contribution in [0.25, 0.3) is 11.4 Å². The molecule has 5 heteroatoms. The minimum absolute atomic E-state index is 0.512. The Morgan fingerprint density at radius 3 is 2.19 bits per heavy atom. The smallest absolute Gasteiger partial charge is 0.144 e. The van der Waals surface area contributed by atoms with Crippen LogP contribution in [0.4, 0.5) is 0 Å². The normalized spacial score (nSPS) is 10.8. The van der Waals surface area contributed by atoms with Gasteiger partial charge in [0.15, 0.2) is 0 Å². The molecule has 0 spiro atoms. The fourth-order valence-electron chi connectivity index (χ4n) is 3.49. The SMILES string of the molecule is Cc1nc(-c2ccccc2OCc2ccccc2)n(CCc2ccccc2)c(=P)c1Br. The molecule has 4 rings (SSSR count). The second-order valence-electron chi connectivity index (χ2n) is 7.34. The lowest BCUT2D eigenvalue weighted by atomic mass is 10.1. The Balaban J connectivity index is 1.71. The molecule has 4 aromatic rings. The number of para-hydroxylation sites is 1. The molecule has 3 aromatic carbocycles. The van der Waals surface area contributed by atoms with Gasteiger partial charge in [-0.15, -0.1) is 0 Å². The molecular weight excluding hydrogens is 467 g/mol. The Kier molecular flexibility index (Phi) is 7.01. The van der Waals surface area contributed by atoms with E-state index in [1.807, 2.05) is 49.4 Å². The molecular formula is C26H24BrN2OP. The zero-order valence-corrected chi connectivity index (χ0v) is 20.0. The van der Waals surface area contributed by atoms with Gasteiger partial charge in [-0.25, -0.2) is 4.98 Å². The quantitative estimate of drug-likeness (QED) is 0.258. The molecule has 156 valence electrons. The van der Waals surface area contributed by atoms with Crippen LogP contribution in [0.1, 0.15) is 16.8 Å². The van der Waals surface area contributed by atoms with Gasteiger partial charge in [-0.1, -0.05) is 81.7 Å². The predicted molar refractivity (Wildman–Crippen MR) is 133 cm³/mol. The number of halogens is 1. The molecule has 1 heterocycles. The van der Waals surface area contributed by atoms with E-state index in [9.17, 15) is 0 Å². The van der Waals surface area contributed by atoms with E-state index in [4.69, 9.17) is 9.72 Å². The molecule has 0 saturated carbocycles. The number of ether oxygens (including phenoxy) is 1. The van der Waals surface area contributed by atoms with E-state index in [1.165, 1.54) is 5.56 Å². The molecule has 0 aliphatic heterocycles. The minimum Gasteiger partial charge on any atom is -0.488 e. The lowest BCUT2D eigenvalue weighted by molar-refractivity contribution is 0.307.